The number of rotatable bonds is 4. The number of aliphatic hydroxyl groups excluding tert-OH is 1. The largest absolute Gasteiger partial charge is 0.393 e. The zero-order chi connectivity index (χ0) is 12.0. The third kappa shape index (κ3) is 4.39. The van der Waals surface area contributed by atoms with E-state index in [1.807, 2.05) is 11.8 Å². The Bertz CT molecular complexity index is 221. The van der Waals surface area contributed by atoms with Crippen LogP contribution in [-0.4, -0.2) is 41.8 Å². The van der Waals surface area contributed by atoms with Crippen molar-refractivity contribution in [2.24, 2.45) is 5.92 Å². The first-order valence-corrected chi connectivity index (χ1v) is 6.34. The zero-order valence-corrected chi connectivity index (χ0v) is 10.4. The first kappa shape index (κ1) is 13.3. The van der Waals surface area contributed by atoms with Crippen molar-refractivity contribution < 1.29 is 9.90 Å². The topological polar surface area (TPSA) is 52.6 Å². The SMILES string of the molecule is CCC(O)CCNC(=O)N1CCCC(C)C1. The molecule has 0 aromatic rings. The van der Waals surface area contributed by atoms with Gasteiger partial charge in [-0.15, -0.1) is 0 Å². The van der Waals surface area contributed by atoms with E-state index in [4.69, 9.17) is 0 Å². The molecule has 0 radical (unpaired) electrons. The van der Waals surface area contributed by atoms with E-state index in [1.54, 1.807) is 0 Å². The van der Waals surface area contributed by atoms with Gasteiger partial charge in [0, 0.05) is 19.6 Å². The van der Waals surface area contributed by atoms with E-state index in [-0.39, 0.29) is 12.1 Å². The molecule has 1 aliphatic heterocycles. The number of nitrogens with zero attached hydrogens (tertiary/aromatic N) is 1. The summed E-state index contributed by atoms with van der Waals surface area (Å²) in [5.41, 5.74) is 0. The lowest BCUT2D eigenvalue weighted by Crippen LogP contribution is -2.45. The van der Waals surface area contributed by atoms with Crippen LogP contribution in [0.5, 0.6) is 0 Å². The van der Waals surface area contributed by atoms with Gasteiger partial charge in [0.2, 0.25) is 0 Å². The van der Waals surface area contributed by atoms with Gasteiger partial charge in [-0.05, 0) is 31.6 Å². The van der Waals surface area contributed by atoms with Gasteiger partial charge in [0.1, 0.15) is 0 Å². The number of hydrogen-bond acceptors (Lipinski definition) is 2. The second-order valence-electron chi connectivity index (χ2n) is 4.78. The van der Waals surface area contributed by atoms with E-state index >= 15 is 0 Å². The van der Waals surface area contributed by atoms with Gasteiger partial charge in [-0.2, -0.15) is 0 Å². The summed E-state index contributed by atoms with van der Waals surface area (Å²) < 4.78 is 0. The van der Waals surface area contributed by atoms with Crippen LogP contribution >= 0.6 is 0 Å². The van der Waals surface area contributed by atoms with E-state index in [1.165, 1.54) is 6.42 Å². The predicted octanol–water partition coefficient (Wildman–Crippen LogP) is 1.59. The Hall–Kier alpha value is -0.770. The highest BCUT2D eigenvalue weighted by molar-refractivity contribution is 5.74. The van der Waals surface area contributed by atoms with Crippen LogP contribution in [-0.2, 0) is 0 Å². The van der Waals surface area contributed by atoms with Crippen molar-refractivity contribution in [1.82, 2.24) is 10.2 Å². The summed E-state index contributed by atoms with van der Waals surface area (Å²) in [6.45, 7) is 6.42. The molecule has 4 nitrogen and oxygen atoms in total. The fourth-order valence-electron chi connectivity index (χ4n) is 2.04. The highest BCUT2D eigenvalue weighted by Crippen LogP contribution is 2.15. The molecule has 1 heterocycles. The van der Waals surface area contributed by atoms with Crippen molar-refractivity contribution in [2.75, 3.05) is 19.6 Å². The first-order valence-electron chi connectivity index (χ1n) is 6.34. The van der Waals surface area contributed by atoms with Crippen LogP contribution in [0.15, 0.2) is 0 Å². The molecule has 16 heavy (non-hydrogen) atoms. The Morgan fingerprint density at radius 3 is 3.00 bits per heavy atom. The normalized spacial score (nSPS) is 22.9. The molecular formula is C12H24N2O2. The van der Waals surface area contributed by atoms with Crippen LogP contribution in [0.25, 0.3) is 0 Å². The maximum atomic E-state index is 11.7. The van der Waals surface area contributed by atoms with E-state index in [0.717, 1.165) is 25.9 Å². The van der Waals surface area contributed by atoms with Crippen molar-refractivity contribution >= 4 is 6.03 Å². The minimum Gasteiger partial charge on any atom is -0.393 e. The van der Waals surface area contributed by atoms with Gasteiger partial charge < -0.3 is 15.3 Å². The van der Waals surface area contributed by atoms with Crippen LogP contribution in [0.4, 0.5) is 4.79 Å². The first-order chi connectivity index (χ1) is 7.63. The van der Waals surface area contributed by atoms with Crippen molar-refractivity contribution in [1.29, 1.82) is 0 Å². The Kier molecular flexibility index (Phi) is 5.60. The molecule has 2 atom stereocenters. The lowest BCUT2D eigenvalue weighted by atomic mass is 10.0. The minimum atomic E-state index is -0.291. The summed E-state index contributed by atoms with van der Waals surface area (Å²) in [7, 11) is 0. The molecule has 0 spiro atoms. The van der Waals surface area contributed by atoms with Gasteiger partial charge in [-0.1, -0.05) is 13.8 Å². The zero-order valence-electron chi connectivity index (χ0n) is 10.4. The molecule has 1 rings (SSSR count). The molecule has 2 unspecified atom stereocenters. The highest BCUT2D eigenvalue weighted by Gasteiger charge is 2.20. The van der Waals surface area contributed by atoms with Crippen molar-refractivity contribution in [3.63, 3.8) is 0 Å². The third-order valence-electron chi connectivity index (χ3n) is 3.17. The molecule has 2 amide bonds. The molecule has 1 saturated heterocycles. The summed E-state index contributed by atoms with van der Waals surface area (Å²) in [5.74, 6) is 0.612. The fourth-order valence-corrected chi connectivity index (χ4v) is 2.04. The molecule has 0 aliphatic carbocycles. The number of carbonyl (C=O) groups excluding carboxylic acids is 1. The number of amides is 2. The number of urea groups is 1. The number of likely N-dealkylation sites (tertiary alicyclic amines) is 1. The lowest BCUT2D eigenvalue weighted by Gasteiger charge is -2.31. The summed E-state index contributed by atoms with van der Waals surface area (Å²) in [4.78, 5) is 13.6. The van der Waals surface area contributed by atoms with Crippen LogP contribution in [0.2, 0.25) is 0 Å². The quantitative estimate of drug-likeness (QED) is 0.767. The molecule has 0 saturated carbocycles. The number of piperidine rings is 1. The molecule has 0 aromatic heterocycles. The van der Waals surface area contributed by atoms with Gasteiger partial charge in [0.25, 0.3) is 0 Å². The number of nitrogens with one attached hydrogen (secondary N) is 1. The van der Waals surface area contributed by atoms with E-state index in [2.05, 4.69) is 12.2 Å². The smallest absolute Gasteiger partial charge is 0.317 e. The van der Waals surface area contributed by atoms with Crippen molar-refractivity contribution in [3.8, 4) is 0 Å². The Balaban J connectivity index is 2.19. The maximum Gasteiger partial charge on any atom is 0.317 e. The second-order valence-corrected chi connectivity index (χ2v) is 4.78. The van der Waals surface area contributed by atoms with Crippen molar-refractivity contribution in [3.05, 3.63) is 0 Å². The molecule has 94 valence electrons. The van der Waals surface area contributed by atoms with E-state index in [0.29, 0.717) is 18.9 Å². The standard InChI is InChI=1S/C12H24N2O2/c1-3-11(15)6-7-13-12(16)14-8-4-5-10(2)9-14/h10-11,15H,3-9H2,1-2H3,(H,13,16). The number of hydrogen-bond donors (Lipinski definition) is 2. The summed E-state index contributed by atoms with van der Waals surface area (Å²) in [6, 6.07) is 0.0230. The molecule has 0 aromatic carbocycles. The summed E-state index contributed by atoms with van der Waals surface area (Å²) in [6.07, 6.45) is 3.42. The van der Waals surface area contributed by atoms with Crippen LogP contribution < -0.4 is 5.32 Å². The molecule has 1 fully saturated rings. The lowest BCUT2D eigenvalue weighted by molar-refractivity contribution is 0.152. The molecule has 2 N–H and O–H groups in total. The summed E-state index contributed by atoms with van der Waals surface area (Å²) in [5, 5.41) is 12.2. The van der Waals surface area contributed by atoms with E-state index < -0.39 is 0 Å². The van der Waals surface area contributed by atoms with Gasteiger partial charge in [0.15, 0.2) is 0 Å². The predicted molar refractivity (Wildman–Crippen MR) is 64.3 cm³/mol. The van der Waals surface area contributed by atoms with Crippen LogP contribution in [0, 0.1) is 5.92 Å². The molecule has 0 bridgehead atoms. The van der Waals surface area contributed by atoms with Crippen LogP contribution in [0.3, 0.4) is 0 Å². The van der Waals surface area contributed by atoms with Crippen molar-refractivity contribution in [2.45, 2.75) is 45.6 Å². The molecule has 4 heteroatoms. The number of carbonyl (C=O) groups is 1. The minimum absolute atomic E-state index is 0.0230. The third-order valence-corrected chi connectivity index (χ3v) is 3.17. The average molecular weight is 228 g/mol. The number of aliphatic hydroxyl groups is 1. The fraction of sp³-hybridized carbons (Fsp3) is 0.917. The second kappa shape index (κ2) is 6.74. The summed E-state index contributed by atoms with van der Waals surface area (Å²) >= 11 is 0. The molecule has 1 aliphatic rings. The van der Waals surface area contributed by atoms with Crippen LogP contribution in [0.1, 0.15) is 39.5 Å². The van der Waals surface area contributed by atoms with Gasteiger partial charge in [-0.25, -0.2) is 4.79 Å². The van der Waals surface area contributed by atoms with E-state index in [9.17, 15) is 9.90 Å². The molecular weight excluding hydrogens is 204 g/mol. The maximum absolute atomic E-state index is 11.7. The monoisotopic (exact) mass is 228 g/mol. The van der Waals surface area contributed by atoms with Gasteiger partial charge in [-0.3, -0.25) is 0 Å². The average Bonchev–Trinajstić information content (AvgIpc) is 2.28. The van der Waals surface area contributed by atoms with Gasteiger partial charge >= 0.3 is 6.03 Å². The Labute approximate surface area is 98.0 Å². The van der Waals surface area contributed by atoms with Gasteiger partial charge in [0.05, 0.1) is 6.10 Å². The Morgan fingerprint density at radius 2 is 2.38 bits per heavy atom. The Morgan fingerprint density at radius 1 is 1.62 bits per heavy atom. The highest BCUT2D eigenvalue weighted by atomic mass is 16.3.